The Kier molecular flexibility index (Phi) is 7.57. The van der Waals surface area contributed by atoms with Crippen molar-refractivity contribution in [3.63, 3.8) is 0 Å². The maximum atomic E-state index is 13.4. The number of anilines is 2. The molecule has 6 heterocycles. The highest BCUT2D eigenvalue weighted by Gasteiger charge is 2.32. The third-order valence-corrected chi connectivity index (χ3v) is 7.19. The van der Waals surface area contributed by atoms with Gasteiger partial charge in [-0.05, 0) is 18.2 Å². The Bertz CT molecular complexity index is 1950. The summed E-state index contributed by atoms with van der Waals surface area (Å²) in [6.45, 7) is 4.48. The number of hydrogen-bond donors (Lipinski definition) is 1. The number of hydrogen-bond acceptors (Lipinski definition) is 10. The smallest absolute Gasteiger partial charge is 0.417 e. The van der Waals surface area contributed by atoms with E-state index < -0.39 is 17.3 Å². The Morgan fingerprint density at radius 3 is 2.68 bits per heavy atom. The van der Waals surface area contributed by atoms with Crippen molar-refractivity contribution in [3.05, 3.63) is 64.5 Å². The van der Waals surface area contributed by atoms with Crippen LogP contribution in [0.2, 0.25) is 0 Å². The van der Waals surface area contributed by atoms with Crippen molar-refractivity contribution in [2.75, 3.05) is 44.8 Å². The zero-order valence-electron chi connectivity index (χ0n) is 23.6. The Hall–Kier alpha value is -5.14. The molecule has 0 bridgehead atoms. The van der Waals surface area contributed by atoms with Crippen molar-refractivity contribution < 1.29 is 27.4 Å². The van der Waals surface area contributed by atoms with Crippen LogP contribution in [0.15, 0.2) is 47.8 Å². The van der Waals surface area contributed by atoms with Gasteiger partial charge in [-0.25, -0.2) is 9.50 Å². The van der Waals surface area contributed by atoms with Gasteiger partial charge in [0.05, 0.1) is 37.4 Å². The number of nitriles is 1. The lowest BCUT2D eigenvalue weighted by Crippen LogP contribution is -2.38. The Labute approximate surface area is 247 Å². The summed E-state index contributed by atoms with van der Waals surface area (Å²) in [4.78, 5) is 23.4. The van der Waals surface area contributed by atoms with Crippen LogP contribution in [0.25, 0.3) is 16.7 Å². The van der Waals surface area contributed by atoms with Crippen molar-refractivity contribution >= 4 is 28.3 Å². The van der Waals surface area contributed by atoms with E-state index in [1.165, 1.54) is 31.1 Å². The van der Waals surface area contributed by atoms with Crippen LogP contribution in [0.3, 0.4) is 0 Å². The van der Waals surface area contributed by atoms with E-state index in [4.69, 9.17) is 14.2 Å². The Balaban J connectivity index is 1.24. The van der Waals surface area contributed by atoms with Crippen molar-refractivity contribution in [2.24, 2.45) is 14.1 Å². The lowest BCUT2D eigenvalue weighted by atomic mass is 10.2. The average molecular weight is 610 g/mol. The molecule has 0 saturated carbocycles. The van der Waals surface area contributed by atoms with Crippen LogP contribution < -0.4 is 20.3 Å². The summed E-state index contributed by atoms with van der Waals surface area (Å²) in [5.74, 6) is 1.11. The number of rotatable bonds is 8. The summed E-state index contributed by atoms with van der Waals surface area (Å²) in [5, 5.41) is 17.1. The van der Waals surface area contributed by atoms with Crippen LogP contribution in [0, 0.1) is 11.3 Å². The third-order valence-electron chi connectivity index (χ3n) is 7.19. The summed E-state index contributed by atoms with van der Waals surface area (Å²) in [5.41, 5.74) is -0.967. The molecule has 1 N–H and O–H groups in total. The number of morpholine rings is 1. The van der Waals surface area contributed by atoms with Crippen LogP contribution in [-0.2, 0) is 25.0 Å². The summed E-state index contributed by atoms with van der Waals surface area (Å²) >= 11 is 0. The zero-order valence-corrected chi connectivity index (χ0v) is 23.6. The minimum Gasteiger partial charge on any atom is -0.491 e. The fourth-order valence-electron chi connectivity index (χ4n) is 4.87. The SMILES string of the molecule is Cn1cc(C(F)(F)F)cc(Nc2nc3ncc(Oc4cnn5cc(OCCN6CCOCC6)ccc45)c(C#N)c3n2C)c1=O. The highest BCUT2D eigenvalue weighted by Crippen LogP contribution is 2.34. The zero-order chi connectivity index (χ0) is 31.0. The second-order valence-corrected chi connectivity index (χ2v) is 10.1. The molecule has 0 atom stereocenters. The molecule has 1 saturated heterocycles. The van der Waals surface area contributed by atoms with Crippen LogP contribution in [0.4, 0.5) is 24.8 Å². The molecule has 0 radical (unpaired) electrons. The fraction of sp³-hybridized carbons (Fsp3) is 0.321. The lowest BCUT2D eigenvalue weighted by Gasteiger charge is -2.26. The first-order valence-corrected chi connectivity index (χ1v) is 13.5. The summed E-state index contributed by atoms with van der Waals surface area (Å²) in [6, 6.07) is 6.39. The van der Waals surface area contributed by atoms with Crippen molar-refractivity contribution in [1.82, 2.24) is 33.6 Å². The van der Waals surface area contributed by atoms with Gasteiger partial charge in [-0.15, -0.1) is 0 Å². The second kappa shape index (κ2) is 11.5. The number of fused-ring (bicyclic) bond motifs is 2. The molecule has 6 rings (SSSR count). The van der Waals surface area contributed by atoms with Crippen LogP contribution in [-0.4, -0.2) is 73.1 Å². The molecule has 44 heavy (non-hydrogen) atoms. The number of imidazole rings is 1. The van der Waals surface area contributed by atoms with E-state index in [1.807, 2.05) is 0 Å². The molecule has 5 aromatic rings. The molecule has 1 aliphatic rings. The van der Waals surface area contributed by atoms with Gasteiger partial charge in [-0.1, -0.05) is 0 Å². The van der Waals surface area contributed by atoms with Crippen molar-refractivity contribution in [2.45, 2.75) is 6.18 Å². The highest BCUT2D eigenvalue weighted by atomic mass is 19.4. The van der Waals surface area contributed by atoms with Gasteiger partial charge in [0.15, 0.2) is 17.1 Å². The molecule has 1 aliphatic heterocycles. The van der Waals surface area contributed by atoms with Crippen molar-refractivity contribution in [1.29, 1.82) is 5.26 Å². The second-order valence-electron chi connectivity index (χ2n) is 10.1. The number of halogens is 3. The van der Waals surface area contributed by atoms with Gasteiger partial charge in [-0.2, -0.15) is 28.5 Å². The molecule has 16 heteroatoms. The minimum absolute atomic E-state index is 0.00899. The largest absolute Gasteiger partial charge is 0.491 e. The molecular weight excluding hydrogens is 583 g/mol. The molecular formula is C28H26F3N9O4. The summed E-state index contributed by atoms with van der Waals surface area (Å²) in [7, 11) is 2.76. The molecule has 0 aliphatic carbocycles. The number of nitrogens with zero attached hydrogens (tertiary/aromatic N) is 8. The van der Waals surface area contributed by atoms with Gasteiger partial charge in [0, 0.05) is 39.9 Å². The number of pyridine rings is 3. The normalized spacial score (nSPS) is 14.2. The van der Waals surface area contributed by atoms with Gasteiger partial charge < -0.3 is 28.7 Å². The third kappa shape index (κ3) is 5.62. The van der Waals surface area contributed by atoms with Gasteiger partial charge in [0.1, 0.15) is 40.7 Å². The maximum Gasteiger partial charge on any atom is 0.417 e. The molecule has 228 valence electrons. The van der Waals surface area contributed by atoms with Crippen molar-refractivity contribution in [3.8, 4) is 23.3 Å². The van der Waals surface area contributed by atoms with Crippen LogP contribution in [0.5, 0.6) is 17.2 Å². The number of aryl methyl sites for hydroxylation is 2. The predicted octanol–water partition coefficient (Wildman–Crippen LogP) is 3.45. The molecule has 5 aromatic heterocycles. The molecule has 13 nitrogen and oxygen atoms in total. The Morgan fingerprint density at radius 2 is 1.93 bits per heavy atom. The van der Waals surface area contributed by atoms with Gasteiger partial charge in [0.2, 0.25) is 5.95 Å². The minimum atomic E-state index is -4.66. The van der Waals surface area contributed by atoms with Gasteiger partial charge in [0.25, 0.3) is 5.56 Å². The van der Waals surface area contributed by atoms with Crippen LogP contribution in [0.1, 0.15) is 11.1 Å². The first-order chi connectivity index (χ1) is 21.1. The van der Waals surface area contributed by atoms with E-state index in [2.05, 4.69) is 31.4 Å². The predicted molar refractivity (Wildman–Crippen MR) is 151 cm³/mol. The molecule has 0 unspecified atom stereocenters. The van der Waals surface area contributed by atoms with E-state index in [9.17, 15) is 23.2 Å². The first kappa shape index (κ1) is 29.0. The first-order valence-electron chi connectivity index (χ1n) is 13.5. The van der Waals surface area contributed by atoms with E-state index in [-0.39, 0.29) is 34.1 Å². The van der Waals surface area contributed by atoms with E-state index >= 15 is 0 Å². The van der Waals surface area contributed by atoms with Gasteiger partial charge in [-0.3, -0.25) is 9.69 Å². The molecule has 0 amide bonds. The fourth-order valence-corrected chi connectivity index (χ4v) is 4.87. The molecule has 0 aromatic carbocycles. The molecule has 0 spiro atoms. The van der Waals surface area contributed by atoms with Gasteiger partial charge >= 0.3 is 6.18 Å². The number of aromatic nitrogens is 6. The van der Waals surface area contributed by atoms with E-state index in [1.54, 1.807) is 22.8 Å². The number of alkyl halides is 3. The summed E-state index contributed by atoms with van der Waals surface area (Å²) in [6.07, 6.45) is 0.602. The Morgan fingerprint density at radius 1 is 1.14 bits per heavy atom. The maximum absolute atomic E-state index is 13.4. The molecule has 1 fully saturated rings. The quantitative estimate of drug-likeness (QED) is 0.279. The number of ether oxygens (including phenoxy) is 3. The highest BCUT2D eigenvalue weighted by molar-refractivity contribution is 5.84. The topological polar surface area (TPSA) is 137 Å². The van der Waals surface area contributed by atoms with E-state index in [0.717, 1.165) is 37.4 Å². The average Bonchev–Trinajstić information content (AvgIpc) is 3.55. The lowest BCUT2D eigenvalue weighted by molar-refractivity contribution is -0.138. The monoisotopic (exact) mass is 609 g/mol. The number of nitrogens with one attached hydrogen (secondary N) is 1. The summed E-state index contributed by atoms with van der Waals surface area (Å²) < 4.78 is 61.2. The van der Waals surface area contributed by atoms with E-state index in [0.29, 0.717) is 35.9 Å². The standard InChI is InChI=1S/C28H26F3N9O4/c1-37-15-17(28(29,30)31)11-20(26(37)41)35-27-36-25-24(38(27)2)19(12-32)22(13-33-25)44-23-14-34-40-16-18(3-4-21(23)40)43-10-7-39-5-8-42-9-6-39/h3-4,11,13-16H,5-10H2,1-2H3,(H,33,35,36). The van der Waals surface area contributed by atoms with Crippen LogP contribution >= 0.6 is 0 Å².